The number of carbonyl (C=O) groups excluding carboxylic acids is 1. The Balaban J connectivity index is 2.75. The first kappa shape index (κ1) is 13.4. The van der Waals surface area contributed by atoms with Crippen molar-refractivity contribution in [3.8, 4) is 0 Å². The van der Waals surface area contributed by atoms with Crippen LogP contribution in [-0.2, 0) is 0 Å². The summed E-state index contributed by atoms with van der Waals surface area (Å²) < 4.78 is 0. The summed E-state index contributed by atoms with van der Waals surface area (Å²) in [5.41, 5.74) is 3.30. The summed E-state index contributed by atoms with van der Waals surface area (Å²) >= 11 is 0. The summed E-state index contributed by atoms with van der Waals surface area (Å²) in [7, 11) is 0. The molecule has 5 nitrogen and oxygen atoms in total. The van der Waals surface area contributed by atoms with Crippen LogP contribution in [0.4, 0.5) is 5.69 Å². The quantitative estimate of drug-likeness (QED) is 0.536. The van der Waals surface area contributed by atoms with Crippen molar-refractivity contribution in [1.29, 1.82) is 0 Å². The molecule has 1 rings (SSSR count). The maximum absolute atomic E-state index is 12.0. The minimum absolute atomic E-state index is 0.180. The number of anilines is 1. The van der Waals surface area contributed by atoms with Crippen LogP contribution in [0.5, 0.6) is 0 Å². The fraction of sp³-hybridized carbons (Fsp3) is 0.500. The third kappa shape index (κ3) is 4.03. The second-order valence-corrected chi connectivity index (χ2v) is 4.66. The van der Waals surface area contributed by atoms with Gasteiger partial charge in [-0.15, -0.1) is 0 Å². The van der Waals surface area contributed by atoms with Gasteiger partial charge >= 0.3 is 0 Å². The molecule has 5 heteroatoms. The fourth-order valence-electron chi connectivity index (χ4n) is 1.70. The fourth-order valence-corrected chi connectivity index (χ4v) is 1.70. The molecule has 1 amide bonds. The molecule has 17 heavy (non-hydrogen) atoms. The number of hydrazine groups is 1. The van der Waals surface area contributed by atoms with Gasteiger partial charge < -0.3 is 10.7 Å². The van der Waals surface area contributed by atoms with Gasteiger partial charge in [-0.1, -0.05) is 13.3 Å². The second-order valence-electron chi connectivity index (χ2n) is 4.66. The summed E-state index contributed by atoms with van der Waals surface area (Å²) in [6.07, 6.45) is 3.50. The van der Waals surface area contributed by atoms with E-state index in [4.69, 9.17) is 5.84 Å². The molecule has 0 saturated carbocycles. The van der Waals surface area contributed by atoms with E-state index in [9.17, 15) is 4.79 Å². The molecule has 0 saturated heterocycles. The molecule has 1 aromatic rings. The summed E-state index contributed by atoms with van der Waals surface area (Å²) in [5, 5.41) is 2.95. The summed E-state index contributed by atoms with van der Waals surface area (Å²) in [5.74, 6) is 5.10. The lowest BCUT2D eigenvalue weighted by atomic mass is 9.99. The van der Waals surface area contributed by atoms with E-state index in [0.29, 0.717) is 11.4 Å². The van der Waals surface area contributed by atoms with Gasteiger partial charge in [-0.2, -0.15) is 0 Å². The molecular formula is C12H20N4O. The number of aromatic nitrogens is 1. The summed E-state index contributed by atoms with van der Waals surface area (Å²) in [6.45, 7) is 6.09. The molecule has 0 aromatic carbocycles. The lowest BCUT2D eigenvalue weighted by Gasteiger charge is -2.25. The minimum Gasteiger partial charge on any atom is -0.346 e. The van der Waals surface area contributed by atoms with Crippen LogP contribution in [-0.4, -0.2) is 16.4 Å². The number of nitrogen functional groups attached to an aromatic ring is 1. The van der Waals surface area contributed by atoms with E-state index in [2.05, 4.69) is 22.7 Å². The maximum atomic E-state index is 12.0. The van der Waals surface area contributed by atoms with Crippen LogP contribution < -0.4 is 16.6 Å². The molecule has 0 atom stereocenters. The predicted octanol–water partition coefficient (Wildman–Crippen LogP) is 1.68. The number of amides is 1. The Kier molecular flexibility index (Phi) is 4.45. The summed E-state index contributed by atoms with van der Waals surface area (Å²) in [4.78, 5) is 16.0. The number of nitrogens with one attached hydrogen (secondary N) is 2. The molecule has 0 aliphatic carbocycles. The minimum atomic E-state index is -0.223. The molecular weight excluding hydrogens is 216 g/mol. The van der Waals surface area contributed by atoms with Crippen molar-refractivity contribution >= 4 is 11.6 Å². The Bertz CT molecular complexity index is 390. The van der Waals surface area contributed by atoms with Gasteiger partial charge in [0.25, 0.3) is 5.91 Å². The first-order valence-corrected chi connectivity index (χ1v) is 5.73. The van der Waals surface area contributed by atoms with E-state index >= 15 is 0 Å². The van der Waals surface area contributed by atoms with Crippen LogP contribution in [0, 0.1) is 0 Å². The number of pyridine rings is 1. The van der Waals surface area contributed by atoms with Gasteiger partial charge in [0.2, 0.25) is 0 Å². The smallest absolute Gasteiger partial charge is 0.270 e. The molecule has 1 aromatic heterocycles. The Morgan fingerprint density at radius 1 is 1.53 bits per heavy atom. The molecule has 0 unspecified atom stereocenters. The zero-order valence-corrected chi connectivity index (χ0v) is 10.6. The lowest BCUT2D eigenvalue weighted by molar-refractivity contribution is 0.0904. The van der Waals surface area contributed by atoms with Crippen LogP contribution >= 0.6 is 0 Å². The zero-order valence-electron chi connectivity index (χ0n) is 10.6. The van der Waals surface area contributed by atoms with Gasteiger partial charge in [-0.25, -0.2) is 0 Å². The highest BCUT2D eigenvalue weighted by molar-refractivity contribution is 5.93. The van der Waals surface area contributed by atoms with Gasteiger partial charge in [-0.05, 0) is 32.4 Å². The van der Waals surface area contributed by atoms with Crippen molar-refractivity contribution in [3.63, 3.8) is 0 Å². The third-order valence-electron chi connectivity index (χ3n) is 2.49. The molecule has 1 heterocycles. The molecule has 0 spiro atoms. The second kappa shape index (κ2) is 5.63. The van der Waals surface area contributed by atoms with Crippen LogP contribution in [0.2, 0.25) is 0 Å². The first-order valence-electron chi connectivity index (χ1n) is 5.73. The summed E-state index contributed by atoms with van der Waals surface area (Å²) in [6, 6.07) is 3.32. The lowest BCUT2D eigenvalue weighted by Crippen LogP contribution is -2.43. The highest BCUT2D eigenvalue weighted by Crippen LogP contribution is 2.12. The van der Waals surface area contributed by atoms with Crippen molar-refractivity contribution in [3.05, 3.63) is 24.0 Å². The number of carbonyl (C=O) groups is 1. The predicted molar refractivity (Wildman–Crippen MR) is 68.5 cm³/mol. The van der Waals surface area contributed by atoms with E-state index in [1.165, 1.54) is 0 Å². The van der Waals surface area contributed by atoms with E-state index in [0.717, 1.165) is 12.8 Å². The standard InChI is InChI=1S/C12H20N4O/c1-4-6-12(2,3)15-11(17)10-8-9(16-13)5-7-14-10/h5,7-8H,4,6,13H2,1-3H3,(H,14,16)(H,15,17). The molecule has 0 radical (unpaired) electrons. The van der Waals surface area contributed by atoms with Crippen molar-refractivity contribution in [2.24, 2.45) is 5.84 Å². The Morgan fingerprint density at radius 3 is 2.82 bits per heavy atom. The van der Waals surface area contributed by atoms with Gasteiger partial charge in [0.15, 0.2) is 0 Å². The Labute approximate surface area is 102 Å². The molecule has 0 aliphatic heterocycles. The zero-order chi connectivity index (χ0) is 12.9. The van der Waals surface area contributed by atoms with Crippen LogP contribution in [0.15, 0.2) is 18.3 Å². The largest absolute Gasteiger partial charge is 0.346 e. The highest BCUT2D eigenvalue weighted by atomic mass is 16.2. The average molecular weight is 236 g/mol. The van der Waals surface area contributed by atoms with Crippen molar-refractivity contribution < 1.29 is 4.79 Å². The number of hydrogen-bond donors (Lipinski definition) is 3. The number of nitrogens with two attached hydrogens (primary N) is 1. The third-order valence-corrected chi connectivity index (χ3v) is 2.49. The van der Waals surface area contributed by atoms with Crippen molar-refractivity contribution in [2.75, 3.05) is 5.43 Å². The topological polar surface area (TPSA) is 80.0 Å². The van der Waals surface area contributed by atoms with Crippen molar-refractivity contribution in [2.45, 2.75) is 39.2 Å². The van der Waals surface area contributed by atoms with E-state index in [1.807, 2.05) is 13.8 Å². The van der Waals surface area contributed by atoms with Gasteiger partial charge in [0.1, 0.15) is 5.69 Å². The molecule has 0 fully saturated rings. The van der Waals surface area contributed by atoms with E-state index in [-0.39, 0.29) is 11.4 Å². The molecule has 0 bridgehead atoms. The molecule has 0 aliphatic rings. The number of hydrogen-bond acceptors (Lipinski definition) is 4. The van der Waals surface area contributed by atoms with Crippen LogP contribution in [0.3, 0.4) is 0 Å². The normalized spacial score (nSPS) is 11.1. The van der Waals surface area contributed by atoms with E-state index < -0.39 is 0 Å². The van der Waals surface area contributed by atoms with Crippen LogP contribution in [0.1, 0.15) is 44.1 Å². The number of rotatable bonds is 5. The SMILES string of the molecule is CCCC(C)(C)NC(=O)c1cc(NN)ccn1. The number of nitrogens with zero attached hydrogens (tertiary/aromatic N) is 1. The van der Waals surface area contributed by atoms with Gasteiger partial charge in [-0.3, -0.25) is 15.6 Å². The van der Waals surface area contributed by atoms with Gasteiger partial charge in [0.05, 0.1) is 5.69 Å². The van der Waals surface area contributed by atoms with Gasteiger partial charge in [0, 0.05) is 11.7 Å². The Hall–Kier alpha value is -1.62. The average Bonchev–Trinajstić information content (AvgIpc) is 2.28. The highest BCUT2D eigenvalue weighted by Gasteiger charge is 2.20. The molecule has 94 valence electrons. The first-order chi connectivity index (χ1) is 7.98. The monoisotopic (exact) mass is 236 g/mol. The van der Waals surface area contributed by atoms with Crippen LogP contribution in [0.25, 0.3) is 0 Å². The Morgan fingerprint density at radius 2 is 2.24 bits per heavy atom. The van der Waals surface area contributed by atoms with E-state index in [1.54, 1.807) is 18.3 Å². The van der Waals surface area contributed by atoms with Crippen molar-refractivity contribution in [1.82, 2.24) is 10.3 Å². The molecule has 4 N–H and O–H groups in total. The maximum Gasteiger partial charge on any atom is 0.270 e.